The maximum absolute atomic E-state index is 13.1. The van der Waals surface area contributed by atoms with E-state index in [9.17, 15) is 28.8 Å². The van der Waals surface area contributed by atoms with Crippen LogP contribution in [-0.2, 0) is 19.2 Å². The highest BCUT2D eigenvalue weighted by Gasteiger charge is 2.45. The van der Waals surface area contributed by atoms with Gasteiger partial charge in [0.1, 0.15) is 6.04 Å². The lowest BCUT2D eigenvalue weighted by atomic mass is 10.0. The van der Waals surface area contributed by atoms with Gasteiger partial charge in [-0.15, -0.1) is 0 Å². The van der Waals surface area contributed by atoms with Crippen molar-refractivity contribution < 1.29 is 33.9 Å². The molecule has 0 aromatic heterocycles. The fourth-order valence-electron chi connectivity index (χ4n) is 4.45. The molecule has 188 valence electrons. The van der Waals surface area contributed by atoms with Gasteiger partial charge in [-0.3, -0.25) is 39.0 Å². The normalized spacial score (nSPS) is 17.4. The van der Waals surface area contributed by atoms with Crippen LogP contribution in [-0.4, -0.2) is 51.6 Å². The van der Waals surface area contributed by atoms with Crippen molar-refractivity contribution in [2.75, 3.05) is 5.32 Å². The zero-order valence-corrected chi connectivity index (χ0v) is 19.6. The minimum atomic E-state index is -1.05. The Kier molecular flexibility index (Phi) is 9.11. The molecule has 0 aliphatic carbocycles. The predicted molar refractivity (Wildman–Crippen MR) is 126 cm³/mol. The van der Waals surface area contributed by atoms with E-state index in [1.807, 2.05) is 0 Å². The summed E-state index contributed by atoms with van der Waals surface area (Å²) in [6, 6.07) is 3.56. The Bertz CT molecular complexity index is 1020. The first kappa shape index (κ1) is 26.1. The van der Waals surface area contributed by atoms with Crippen LogP contribution in [0.1, 0.15) is 97.8 Å². The lowest BCUT2D eigenvalue weighted by Crippen LogP contribution is -2.54. The van der Waals surface area contributed by atoms with Gasteiger partial charge >= 0.3 is 5.97 Å². The molecule has 2 aliphatic rings. The second kappa shape index (κ2) is 12.2. The molecule has 3 N–H and O–H groups in total. The highest BCUT2D eigenvalue weighted by molar-refractivity contribution is 6.26. The monoisotopic (exact) mass is 485 g/mol. The lowest BCUT2D eigenvalue weighted by Gasteiger charge is -2.27. The van der Waals surface area contributed by atoms with Gasteiger partial charge in [-0.05, 0) is 31.4 Å². The molecule has 2 heterocycles. The second-order valence-corrected chi connectivity index (χ2v) is 8.95. The molecular formula is C25H31N3O7. The van der Waals surface area contributed by atoms with Crippen LogP contribution in [0.4, 0.5) is 5.69 Å². The van der Waals surface area contributed by atoms with Gasteiger partial charge < -0.3 is 10.4 Å². The van der Waals surface area contributed by atoms with E-state index >= 15 is 0 Å². The molecule has 10 nitrogen and oxygen atoms in total. The third-order valence-corrected chi connectivity index (χ3v) is 6.29. The molecule has 0 bridgehead atoms. The van der Waals surface area contributed by atoms with Crippen molar-refractivity contribution in [3.8, 4) is 0 Å². The Hall–Kier alpha value is -3.56. The highest BCUT2D eigenvalue weighted by Crippen LogP contribution is 2.32. The van der Waals surface area contributed by atoms with Gasteiger partial charge in [-0.25, -0.2) is 0 Å². The van der Waals surface area contributed by atoms with Crippen LogP contribution >= 0.6 is 0 Å². The van der Waals surface area contributed by atoms with Crippen molar-refractivity contribution >= 4 is 41.2 Å². The fraction of sp³-hybridized carbons (Fsp3) is 0.520. The number of imide groups is 2. The van der Waals surface area contributed by atoms with E-state index in [1.165, 1.54) is 6.07 Å². The minimum absolute atomic E-state index is 0.0398. The molecule has 5 amide bonds. The number of benzene rings is 1. The first-order valence-electron chi connectivity index (χ1n) is 12.2. The largest absolute Gasteiger partial charge is 0.481 e. The predicted octanol–water partition coefficient (Wildman–Crippen LogP) is 3.01. The Balaban J connectivity index is 1.46. The molecule has 10 heteroatoms. The second-order valence-electron chi connectivity index (χ2n) is 8.95. The quantitative estimate of drug-likeness (QED) is 0.287. The third kappa shape index (κ3) is 6.74. The Morgan fingerprint density at radius 3 is 2.17 bits per heavy atom. The number of hydrogen-bond donors (Lipinski definition) is 3. The van der Waals surface area contributed by atoms with Gasteiger partial charge in [0.05, 0.1) is 16.8 Å². The summed E-state index contributed by atoms with van der Waals surface area (Å²) in [7, 11) is 0. The van der Waals surface area contributed by atoms with Crippen LogP contribution in [0.5, 0.6) is 0 Å². The smallest absolute Gasteiger partial charge is 0.303 e. The topological polar surface area (TPSA) is 150 Å². The van der Waals surface area contributed by atoms with Crippen molar-refractivity contribution in [1.82, 2.24) is 10.2 Å². The molecular weight excluding hydrogens is 454 g/mol. The van der Waals surface area contributed by atoms with E-state index < -0.39 is 35.6 Å². The fourth-order valence-corrected chi connectivity index (χ4v) is 4.45. The van der Waals surface area contributed by atoms with E-state index in [4.69, 9.17) is 5.11 Å². The molecule has 1 fully saturated rings. The van der Waals surface area contributed by atoms with Gasteiger partial charge in [-0.1, -0.05) is 44.6 Å². The average Bonchev–Trinajstić information content (AvgIpc) is 3.06. The van der Waals surface area contributed by atoms with Gasteiger partial charge in [0, 0.05) is 19.3 Å². The Morgan fingerprint density at radius 1 is 0.914 bits per heavy atom. The first-order valence-corrected chi connectivity index (χ1v) is 12.2. The number of nitrogens with zero attached hydrogens (tertiary/aromatic N) is 1. The molecule has 1 aromatic carbocycles. The van der Waals surface area contributed by atoms with Crippen molar-refractivity contribution in [2.45, 2.75) is 83.1 Å². The molecule has 1 aromatic rings. The zero-order chi connectivity index (χ0) is 25.4. The number of fused-ring (bicyclic) bond motifs is 1. The van der Waals surface area contributed by atoms with E-state index in [0.29, 0.717) is 12.8 Å². The molecule has 1 unspecified atom stereocenters. The van der Waals surface area contributed by atoms with Crippen molar-refractivity contribution in [3.63, 3.8) is 0 Å². The summed E-state index contributed by atoms with van der Waals surface area (Å²) >= 11 is 0. The minimum Gasteiger partial charge on any atom is -0.481 e. The van der Waals surface area contributed by atoms with Crippen LogP contribution < -0.4 is 10.6 Å². The van der Waals surface area contributed by atoms with Crippen LogP contribution in [0.3, 0.4) is 0 Å². The lowest BCUT2D eigenvalue weighted by molar-refractivity contribution is -0.138. The Morgan fingerprint density at radius 2 is 1.54 bits per heavy atom. The van der Waals surface area contributed by atoms with Crippen LogP contribution in [0, 0.1) is 0 Å². The molecule has 2 aliphatic heterocycles. The van der Waals surface area contributed by atoms with Crippen molar-refractivity contribution in [1.29, 1.82) is 0 Å². The number of unbranched alkanes of at least 4 members (excludes halogenated alkanes) is 7. The number of carboxylic acids is 1. The molecule has 1 saturated heterocycles. The number of nitrogens with one attached hydrogen (secondary N) is 2. The van der Waals surface area contributed by atoms with Gasteiger partial charge in [-0.2, -0.15) is 0 Å². The maximum Gasteiger partial charge on any atom is 0.303 e. The first-order chi connectivity index (χ1) is 16.8. The van der Waals surface area contributed by atoms with Gasteiger partial charge in [0.25, 0.3) is 11.8 Å². The molecule has 3 rings (SSSR count). The third-order valence-electron chi connectivity index (χ3n) is 6.29. The van der Waals surface area contributed by atoms with Crippen LogP contribution in [0.2, 0.25) is 0 Å². The maximum atomic E-state index is 13.1. The summed E-state index contributed by atoms with van der Waals surface area (Å²) in [5, 5.41) is 13.5. The zero-order valence-electron chi connectivity index (χ0n) is 19.6. The standard InChI is InChI=1S/C25H31N3O7/c29-19(12-7-5-3-1-2-4-6-8-13-21(31)32)26-17-11-9-10-16-22(17)25(35)28(24(16)34)18-14-15-20(30)27-23(18)33/h9-11,18H,1-8,12-15H2,(H,26,29)(H,31,32)(H,27,30,33). The van der Waals surface area contributed by atoms with E-state index in [-0.39, 0.29) is 48.4 Å². The number of carbonyl (C=O) groups is 6. The van der Waals surface area contributed by atoms with E-state index in [0.717, 1.165) is 43.4 Å². The number of anilines is 1. The number of amides is 5. The molecule has 0 saturated carbocycles. The average molecular weight is 486 g/mol. The van der Waals surface area contributed by atoms with Crippen molar-refractivity contribution in [2.24, 2.45) is 0 Å². The molecule has 0 radical (unpaired) electrons. The van der Waals surface area contributed by atoms with Gasteiger partial charge in [0.15, 0.2) is 0 Å². The van der Waals surface area contributed by atoms with Gasteiger partial charge in [0.2, 0.25) is 17.7 Å². The summed E-state index contributed by atoms with van der Waals surface area (Å²) < 4.78 is 0. The molecule has 0 spiro atoms. The van der Waals surface area contributed by atoms with E-state index in [1.54, 1.807) is 12.1 Å². The highest BCUT2D eigenvalue weighted by atomic mass is 16.4. The number of aliphatic carboxylic acids is 1. The number of carbonyl (C=O) groups excluding carboxylic acids is 5. The molecule has 35 heavy (non-hydrogen) atoms. The van der Waals surface area contributed by atoms with Crippen LogP contribution in [0.25, 0.3) is 0 Å². The summed E-state index contributed by atoms with van der Waals surface area (Å²) in [6.07, 6.45) is 7.88. The summed E-state index contributed by atoms with van der Waals surface area (Å²) in [4.78, 5) is 73.4. The molecule has 1 atom stereocenters. The number of carboxylic acid groups (broad SMARTS) is 1. The summed E-state index contributed by atoms with van der Waals surface area (Å²) in [5.74, 6) is -3.40. The summed E-state index contributed by atoms with van der Waals surface area (Å²) in [6.45, 7) is 0. The number of piperidine rings is 1. The van der Waals surface area contributed by atoms with Crippen LogP contribution in [0.15, 0.2) is 18.2 Å². The number of rotatable bonds is 13. The SMILES string of the molecule is O=C(O)CCCCCCCCCCC(=O)Nc1cccc2c1C(=O)N(C1CCC(=O)NC1=O)C2=O. The van der Waals surface area contributed by atoms with Crippen molar-refractivity contribution in [3.05, 3.63) is 29.3 Å². The summed E-state index contributed by atoms with van der Waals surface area (Å²) in [5.41, 5.74) is 0.432. The number of hydrogen-bond acceptors (Lipinski definition) is 6. The Labute approximate surface area is 203 Å². The van der Waals surface area contributed by atoms with E-state index in [2.05, 4.69) is 10.6 Å².